The van der Waals surface area contributed by atoms with Gasteiger partial charge in [0.05, 0.1) is 23.9 Å². The largest absolute Gasteiger partial charge is 0.393 e. The molecule has 5 aliphatic rings. The smallest absolute Gasteiger partial charge is 0.160 e. The molecule has 6 nitrogen and oxygen atoms in total. The molecular formula is C31H52O6. The van der Waals surface area contributed by atoms with Crippen molar-refractivity contribution in [1.82, 2.24) is 0 Å². The van der Waals surface area contributed by atoms with Gasteiger partial charge < -0.3 is 29.9 Å². The Labute approximate surface area is 223 Å². The molecule has 0 bridgehead atoms. The van der Waals surface area contributed by atoms with E-state index in [4.69, 9.17) is 9.47 Å². The highest BCUT2D eigenvalue weighted by Crippen LogP contribution is 2.73. The first-order valence-corrected chi connectivity index (χ1v) is 14.7. The maximum atomic E-state index is 11.9. The third-order valence-electron chi connectivity index (χ3n) is 12.7. The standard InChI is InChI=1S/C31H52O6/c1-27(2)22-16-24(33)31(7)20-10-9-18(17-15-19(37-26(17)36-8)25(34)28(3,4)35)29(20,5)13-11-21(31)30(22,6)14-12-23(27)32/h10,17-19,21-26,32-35H,9,11-16H2,1-8H3/t17-,18+,19-,21-,22+,23-,24-,25+,26-,29+,30-,31+/m1/s1. The van der Waals surface area contributed by atoms with Crippen LogP contribution in [0, 0.1) is 45.3 Å². The summed E-state index contributed by atoms with van der Waals surface area (Å²) < 4.78 is 12.0. The molecule has 0 radical (unpaired) electrons. The van der Waals surface area contributed by atoms with Gasteiger partial charge in [0.15, 0.2) is 6.29 Å². The van der Waals surface area contributed by atoms with E-state index in [1.54, 1.807) is 21.0 Å². The first-order valence-electron chi connectivity index (χ1n) is 14.7. The van der Waals surface area contributed by atoms with Crippen molar-refractivity contribution in [2.45, 2.75) is 130 Å². The molecule has 4 N–H and O–H groups in total. The molecule has 0 aromatic carbocycles. The minimum Gasteiger partial charge on any atom is -0.393 e. The molecule has 0 amide bonds. The maximum Gasteiger partial charge on any atom is 0.160 e. The lowest BCUT2D eigenvalue weighted by Gasteiger charge is -2.68. The summed E-state index contributed by atoms with van der Waals surface area (Å²) >= 11 is 0. The van der Waals surface area contributed by atoms with Crippen molar-refractivity contribution in [3.05, 3.63) is 11.6 Å². The van der Waals surface area contributed by atoms with Gasteiger partial charge in [0.25, 0.3) is 0 Å². The highest BCUT2D eigenvalue weighted by atomic mass is 16.7. The van der Waals surface area contributed by atoms with Gasteiger partial charge in [-0.1, -0.05) is 46.3 Å². The predicted molar refractivity (Wildman–Crippen MR) is 142 cm³/mol. The van der Waals surface area contributed by atoms with Crippen LogP contribution < -0.4 is 0 Å². The number of aliphatic hydroxyl groups excluding tert-OH is 3. The molecule has 3 saturated carbocycles. The van der Waals surface area contributed by atoms with Crippen LogP contribution in [0.15, 0.2) is 11.6 Å². The normalized spacial score (nSPS) is 52.2. The molecule has 0 aromatic heterocycles. The van der Waals surface area contributed by atoms with Crippen molar-refractivity contribution in [3.63, 3.8) is 0 Å². The molecule has 4 fully saturated rings. The van der Waals surface area contributed by atoms with Gasteiger partial charge in [-0.3, -0.25) is 0 Å². The monoisotopic (exact) mass is 520 g/mol. The van der Waals surface area contributed by atoms with Gasteiger partial charge in [-0.2, -0.15) is 0 Å². The van der Waals surface area contributed by atoms with Gasteiger partial charge in [0, 0.05) is 18.4 Å². The third kappa shape index (κ3) is 3.79. The number of allylic oxidation sites excluding steroid dienone is 1. The molecule has 0 unspecified atom stereocenters. The fourth-order valence-electron chi connectivity index (χ4n) is 10.6. The molecular weight excluding hydrogens is 468 g/mol. The second kappa shape index (κ2) is 8.75. The van der Waals surface area contributed by atoms with E-state index in [-0.39, 0.29) is 33.7 Å². The number of aliphatic hydroxyl groups is 4. The molecule has 37 heavy (non-hydrogen) atoms. The topological polar surface area (TPSA) is 99.4 Å². The Kier molecular flexibility index (Phi) is 6.63. The van der Waals surface area contributed by atoms with E-state index in [1.165, 1.54) is 5.57 Å². The van der Waals surface area contributed by atoms with E-state index in [2.05, 4.69) is 40.7 Å². The summed E-state index contributed by atoms with van der Waals surface area (Å²) in [4.78, 5) is 0. The van der Waals surface area contributed by atoms with E-state index < -0.39 is 30.2 Å². The minimum absolute atomic E-state index is 0.0709. The number of hydrogen-bond acceptors (Lipinski definition) is 6. The quantitative estimate of drug-likeness (QED) is 0.409. The minimum atomic E-state index is -1.24. The SMILES string of the molecule is CO[C@@H]1O[C@@H]([C@H](O)C(C)(C)O)C[C@@H]1[C@@H]1CC=C2[C@]3(C)[C@H](O)C[C@H]4C(C)(C)[C@H](O)CC[C@]4(C)[C@H]3CC[C@]21C. The number of rotatable bonds is 4. The van der Waals surface area contributed by atoms with Crippen LogP contribution in [0.3, 0.4) is 0 Å². The van der Waals surface area contributed by atoms with Crippen LogP contribution in [0.4, 0.5) is 0 Å². The third-order valence-corrected chi connectivity index (χ3v) is 12.7. The van der Waals surface area contributed by atoms with Crippen LogP contribution in [-0.2, 0) is 9.47 Å². The molecule has 1 heterocycles. The first-order chi connectivity index (χ1) is 17.0. The van der Waals surface area contributed by atoms with Crippen molar-refractivity contribution in [1.29, 1.82) is 0 Å². The summed E-state index contributed by atoms with van der Waals surface area (Å²) in [6.45, 7) is 14.8. The Hall–Kier alpha value is -0.500. The van der Waals surface area contributed by atoms with Crippen LogP contribution in [0.5, 0.6) is 0 Å². The van der Waals surface area contributed by atoms with Crippen molar-refractivity contribution in [2.75, 3.05) is 7.11 Å². The first kappa shape index (κ1) is 28.0. The van der Waals surface area contributed by atoms with Gasteiger partial charge in [-0.25, -0.2) is 0 Å². The molecule has 4 aliphatic carbocycles. The van der Waals surface area contributed by atoms with E-state index >= 15 is 0 Å². The molecule has 212 valence electrons. The van der Waals surface area contributed by atoms with E-state index in [9.17, 15) is 20.4 Å². The summed E-state index contributed by atoms with van der Waals surface area (Å²) in [6.07, 6.45) is 6.10. The molecule has 1 aliphatic heterocycles. The number of ether oxygens (including phenoxy) is 2. The highest BCUT2D eigenvalue weighted by molar-refractivity contribution is 5.36. The Bertz CT molecular complexity index is 923. The highest BCUT2D eigenvalue weighted by Gasteiger charge is 2.68. The lowest BCUT2D eigenvalue weighted by atomic mass is 9.37. The van der Waals surface area contributed by atoms with E-state index in [0.717, 1.165) is 38.5 Å². The second-order valence-corrected chi connectivity index (χ2v) is 15.2. The van der Waals surface area contributed by atoms with Crippen LogP contribution in [-0.4, -0.2) is 63.8 Å². The zero-order valence-electron chi connectivity index (χ0n) is 24.3. The molecule has 5 rings (SSSR count). The van der Waals surface area contributed by atoms with Crippen LogP contribution >= 0.6 is 0 Å². The van der Waals surface area contributed by atoms with Crippen LogP contribution in [0.25, 0.3) is 0 Å². The molecule has 12 atom stereocenters. The van der Waals surface area contributed by atoms with Gasteiger partial charge in [-0.05, 0) is 92.8 Å². The van der Waals surface area contributed by atoms with Gasteiger partial charge >= 0.3 is 0 Å². The number of hydrogen-bond donors (Lipinski definition) is 4. The fourth-order valence-corrected chi connectivity index (χ4v) is 10.6. The molecule has 0 aromatic rings. The van der Waals surface area contributed by atoms with Crippen LogP contribution in [0.2, 0.25) is 0 Å². The number of fused-ring (bicyclic) bond motifs is 5. The zero-order valence-corrected chi connectivity index (χ0v) is 24.3. The Morgan fingerprint density at radius 1 is 1.00 bits per heavy atom. The summed E-state index contributed by atoms with van der Waals surface area (Å²) in [6, 6.07) is 0. The summed E-state index contributed by atoms with van der Waals surface area (Å²) in [5, 5.41) is 44.0. The number of methoxy groups -OCH3 is 1. The van der Waals surface area contributed by atoms with E-state index in [1.807, 2.05) is 0 Å². The predicted octanol–water partition coefficient (Wildman–Crippen LogP) is 4.43. The molecule has 0 spiro atoms. The zero-order chi connectivity index (χ0) is 27.3. The Balaban J connectivity index is 1.45. The average molecular weight is 521 g/mol. The molecule has 1 saturated heterocycles. The van der Waals surface area contributed by atoms with Crippen molar-refractivity contribution >= 4 is 0 Å². The lowest BCUT2D eigenvalue weighted by molar-refractivity contribution is -0.214. The maximum absolute atomic E-state index is 11.9. The van der Waals surface area contributed by atoms with Crippen molar-refractivity contribution in [2.24, 2.45) is 45.3 Å². The van der Waals surface area contributed by atoms with Gasteiger partial charge in [0.2, 0.25) is 0 Å². The van der Waals surface area contributed by atoms with Crippen molar-refractivity contribution in [3.8, 4) is 0 Å². The second-order valence-electron chi connectivity index (χ2n) is 15.2. The van der Waals surface area contributed by atoms with Gasteiger partial charge in [-0.15, -0.1) is 0 Å². The summed E-state index contributed by atoms with van der Waals surface area (Å²) in [5.41, 5.74) is -0.307. The van der Waals surface area contributed by atoms with E-state index in [0.29, 0.717) is 24.2 Å². The fraction of sp³-hybridized carbons (Fsp3) is 0.935. The van der Waals surface area contributed by atoms with Crippen molar-refractivity contribution < 1.29 is 29.9 Å². The summed E-state index contributed by atoms with van der Waals surface area (Å²) in [7, 11) is 1.67. The van der Waals surface area contributed by atoms with Gasteiger partial charge in [0.1, 0.15) is 6.10 Å². The average Bonchev–Trinajstić information content (AvgIpc) is 3.38. The molecule has 6 heteroatoms. The summed E-state index contributed by atoms with van der Waals surface area (Å²) in [5.74, 6) is 1.08. The van der Waals surface area contributed by atoms with Crippen LogP contribution in [0.1, 0.15) is 93.4 Å². The lowest BCUT2D eigenvalue weighted by Crippen LogP contribution is -2.65. The Morgan fingerprint density at radius 3 is 2.30 bits per heavy atom. The Morgan fingerprint density at radius 2 is 1.68 bits per heavy atom.